The van der Waals surface area contributed by atoms with E-state index in [0.717, 1.165) is 55.7 Å². The standard InChI is InChI=1S/C27H40ClN3O4Si/c1-18-20(11-10-19(17-29)23(18)28)24-26(34-16-15-33-22-9-7-8-14-32-22)25-21(12-13-31(25)30-24)35-36(5,6)27(2,3)4/h10-11,21-22,25-26H,7-9,12-16H2,1-6H3/t21-,22?,25-,26+/m0/s1. The van der Waals surface area contributed by atoms with Gasteiger partial charge in [0.05, 0.1) is 35.6 Å². The molecule has 0 radical (unpaired) electrons. The number of hydrogen-bond donors (Lipinski definition) is 0. The Morgan fingerprint density at radius 3 is 2.61 bits per heavy atom. The molecule has 0 amide bonds. The number of rotatable bonds is 8. The molecule has 0 bridgehead atoms. The molecule has 0 N–H and O–H groups in total. The van der Waals surface area contributed by atoms with Gasteiger partial charge in [-0.05, 0) is 62.4 Å². The Hall–Kier alpha value is -1.47. The summed E-state index contributed by atoms with van der Waals surface area (Å²) in [6.07, 6.45) is 3.70. The summed E-state index contributed by atoms with van der Waals surface area (Å²) in [5.74, 6) is 0. The summed E-state index contributed by atoms with van der Waals surface area (Å²) in [5.41, 5.74) is 3.08. The molecule has 36 heavy (non-hydrogen) atoms. The van der Waals surface area contributed by atoms with Crippen LogP contribution >= 0.6 is 11.6 Å². The van der Waals surface area contributed by atoms with Crippen molar-refractivity contribution >= 4 is 25.6 Å². The van der Waals surface area contributed by atoms with Gasteiger partial charge in [0.25, 0.3) is 0 Å². The van der Waals surface area contributed by atoms with Crippen LogP contribution in [0.3, 0.4) is 0 Å². The van der Waals surface area contributed by atoms with Crippen molar-refractivity contribution in [3.05, 3.63) is 33.8 Å². The molecule has 9 heteroatoms. The minimum atomic E-state index is -1.99. The van der Waals surface area contributed by atoms with Crippen molar-refractivity contribution in [2.75, 3.05) is 26.4 Å². The second-order valence-electron chi connectivity index (χ2n) is 11.5. The maximum absolute atomic E-state index is 9.41. The Balaban J connectivity index is 1.55. The fourth-order valence-corrected chi connectivity index (χ4v) is 6.49. The van der Waals surface area contributed by atoms with Crippen LogP contribution in [-0.4, -0.2) is 69.9 Å². The Kier molecular flexibility index (Phi) is 8.50. The first kappa shape index (κ1) is 27.6. The Morgan fingerprint density at radius 2 is 1.94 bits per heavy atom. The number of hydrazone groups is 1. The first-order valence-electron chi connectivity index (χ1n) is 13.1. The molecule has 1 aromatic carbocycles. The van der Waals surface area contributed by atoms with Gasteiger partial charge in [-0.25, -0.2) is 0 Å². The molecule has 2 saturated heterocycles. The SMILES string of the molecule is Cc1c(C2=NN3CC[C@H](O[Si](C)(C)C(C)(C)C)[C@H]3[C@@H]2OCCOC2CCCCO2)ccc(C#N)c1Cl. The third-order valence-electron chi connectivity index (χ3n) is 8.04. The van der Waals surface area contributed by atoms with Crippen molar-refractivity contribution in [2.24, 2.45) is 5.10 Å². The van der Waals surface area contributed by atoms with Gasteiger partial charge in [-0.1, -0.05) is 38.4 Å². The van der Waals surface area contributed by atoms with Crippen molar-refractivity contribution in [2.45, 2.75) is 96.1 Å². The predicted octanol–water partition coefficient (Wildman–Crippen LogP) is 5.63. The molecule has 0 spiro atoms. The molecule has 0 aromatic heterocycles. The van der Waals surface area contributed by atoms with E-state index in [4.69, 9.17) is 35.3 Å². The van der Waals surface area contributed by atoms with Crippen LogP contribution in [0, 0.1) is 18.3 Å². The van der Waals surface area contributed by atoms with Gasteiger partial charge in [0.15, 0.2) is 14.6 Å². The molecule has 198 valence electrons. The predicted molar refractivity (Wildman–Crippen MR) is 144 cm³/mol. The van der Waals surface area contributed by atoms with E-state index >= 15 is 0 Å². The summed E-state index contributed by atoms with van der Waals surface area (Å²) in [6.45, 7) is 15.8. The largest absolute Gasteiger partial charge is 0.412 e. The van der Waals surface area contributed by atoms with Crippen LogP contribution in [0.15, 0.2) is 17.2 Å². The minimum absolute atomic E-state index is 0.00567. The van der Waals surface area contributed by atoms with Crippen LogP contribution in [0.2, 0.25) is 23.2 Å². The van der Waals surface area contributed by atoms with Gasteiger partial charge in [0.2, 0.25) is 0 Å². The van der Waals surface area contributed by atoms with Crippen LogP contribution in [0.25, 0.3) is 0 Å². The van der Waals surface area contributed by atoms with E-state index in [1.54, 1.807) is 6.07 Å². The zero-order chi connectivity index (χ0) is 26.1. The van der Waals surface area contributed by atoms with Crippen LogP contribution < -0.4 is 0 Å². The summed E-state index contributed by atoms with van der Waals surface area (Å²) in [4.78, 5) is 0. The highest BCUT2D eigenvalue weighted by atomic mass is 35.5. The van der Waals surface area contributed by atoms with E-state index in [1.165, 1.54) is 0 Å². The van der Waals surface area contributed by atoms with E-state index < -0.39 is 8.32 Å². The van der Waals surface area contributed by atoms with E-state index in [2.05, 4.69) is 44.9 Å². The summed E-state index contributed by atoms with van der Waals surface area (Å²) < 4.78 is 25.1. The van der Waals surface area contributed by atoms with E-state index in [0.29, 0.717) is 23.8 Å². The third-order valence-corrected chi connectivity index (χ3v) is 13.0. The average Bonchev–Trinajstić information content (AvgIpc) is 3.38. The van der Waals surface area contributed by atoms with Crippen LogP contribution in [0.5, 0.6) is 0 Å². The number of ether oxygens (including phenoxy) is 3. The van der Waals surface area contributed by atoms with Gasteiger partial charge in [0.1, 0.15) is 18.2 Å². The normalized spacial score (nSPS) is 26.6. The Labute approximate surface area is 221 Å². The first-order valence-corrected chi connectivity index (χ1v) is 16.4. The Morgan fingerprint density at radius 1 is 1.19 bits per heavy atom. The summed E-state index contributed by atoms with van der Waals surface area (Å²) in [7, 11) is -1.99. The maximum atomic E-state index is 9.41. The lowest BCUT2D eigenvalue weighted by atomic mass is 9.94. The van der Waals surface area contributed by atoms with E-state index in [1.807, 2.05) is 13.0 Å². The van der Waals surface area contributed by atoms with Crippen LogP contribution in [0.1, 0.15) is 63.1 Å². The van der Waals surface area contributed by atoms with Crippen molar-refractivity contribution < 1.29 is 18.6 Å². The zero-order valence-electron chi connectivity index (χ0n) is 22.5. The van der Waals surface area contributed by atoms with Gasteiger partial charge in [-0.2, -0.15) is 10.4 Å². The van der Waals surface area contributed by atoms with Crippen LogP contribution in [-0.2, 0) is 18.6 Å². The molecule has 7 nitrogen and oxygen atoms in total. The van der Waals surface area contributed by atoms with Gasteiger partial charge < -0.3 is 18.6 Å². The quantitative estimate of drug-likeness (QED) is 0.318. The molecule has 3 aliphatic rings. The molecule has 1 aromatic rings. The van der Waals surface area contributed by atoms with Crippen molar-refractivity contribution in [3.63, 3.8) is 0 Å². The molecular weight excluding hydrogens is 494 g/mol. The molecular formula is C27H40ClN3O4Si. The van der Waals surface area contributed by atoms with Crippen LogP contribution in [0.4, 0.5) is 0 Å². The second kappa shape index (κ2) is 11.1. The number of fused-ring (bicyclic) bond motifs is 1. The van der Waals surface area contributed by atoms with Crippen molar-refractivity contribution in [1.29, 1.82) is 5.26 Å². The highest BCUT2D eigenvalue weighted by molar-refractivity contribution is 6.74. The lowest BCUT2D eigenvalue weighted by molar-refractivity contribution is -0.171. The highest BCUT2D eigenvalue weighted by Gasteiger charge is 2.51. The first-order chi connectivity index (χ1) is 17.0. The minimum Gasteiger partial charge on any atom is -0.412 e. The van der Waals surface area contributed by atoms with Gasteiger partial charge in [0, 0.05) is 18.7 Å². The van der Waals surface area contributed by atoms with E-state index in [9.17, 15) is 5.26 Å². The van der Waals surface area contributed by atoms with Crippen molar-refractivity contribution in [3.8, 4) is 6.07 Å². The number of halogens is 1. The van der Waals surface area contributed by atoms with Crippen molar-refractivity contribution in [1.82, 2.24) is 5.01 Å². The summed E-state index contributed by atoms with van der Waals surface area (Å²) >= 11 is 6.54. The summed E-state index contributed by atoms with van der Waals surface area (Å²) in [6, 6.07) is 5.86. The summed E-state index contributed by atoms with van der Waals surface area (Å²) in [5, 5.41) is 17.1. The molecule has 0 saturated carbocycles. The fourth-order valence-electron chi connectivity index (χ4n) is 4.91. The Bertz CT molecular complexity index is 1010. The molecule has 3 heterocycles. The highest BCUT2D eigenvalue weighted by Crippen LogP contribution is 2.42. The molecule has 1 unspecified atom stereocenters. The van der Waals surface area contributed by atoms with Gasteiger partial charge in [-0.3, -0.25) is 5.01 Å². The molecule has 3 aliphatic heterocycles. The van der Waals surface area contributed by atoms with Gasteiger partial charge in [-0.15, -0.1) is 0 Å². The molecule has 0 aliphatic carbocycles. The molecule has 2 fully saturated rings. The maximum Gasteiger partial charge on any atom is 0.192 e. The second-order valence-corrected chi connectivity index (χ2v) is 16.6. The topological polar surface area (TPSA) is 76.3 Å². The average molecular weight is 534 g/mol. The third kappa shape index (κ3) is 5.67. The number of hydrogen-bond acceptors (Lipinski definition) is 7. The lowest BCUT2D eigenvalue weighted by Gasteiger charge is -2.40. The monoisotopic (exact) mass is 533 g/mol. The fraction of sp³-hybridized carbons (Fsp3) is 0.704. The molecule has 4 atom stereocenters. The number of nitrogens with zero attached hydrogens (tertiary/aromatic N) is 3. The number of nitriles is 1. The lowest BCUT2D eigenvalue weighted by Crippen LogP contribution is -2.50. The van der Waals surface area contributed by atoms with Gasteiger partial charge >= 0.3 is 0 Å². The number of benzene rings is 1. The zero-order valence-corrected chi connectivity index (χ0v) is 24.2. The molecule has 4 rings (SSSR count). The van der Waals surface area contributed by atoms with E-state index in [-0.39, 0.29) is 29.6 Å². The smallest absolute Gasteiger partial charge is 0.192 e.